The molecule has 3 rings (SSSR count). The van der Waals surface area contributed by atoms with Crippen LogP contribution in [0.2, 0.25) is 0 Å². The first-order chi connectivity index (χ1) is 10.4. The fourth-order valence-electron chi connectivity index (χ4n) is 3.28. The van der Waals surface area contributed by atoms with Gasteiger partial charge in [-0.15, -0.1) is 24.0 Å². The van der Waals surface area contributed by atoms with Crippen LogP contribution in [0.4, 0.5) is 0 Å². The van der Waals surface area contributed by atoms with Crippen molar-refractivity contribution < 1.29 is 0 Å². The maximum absolute atomic E-state index is 2.33. The molecule has 0 amide bonds. The van der Waals surface area contributed by atoms with Gasteiger partial charge in [-0.2, -0.15) is 0 Å². The molecule has 0 aliphatic rings. The van der Waals surface area contributed by atoms with Gasteiger partial charge < -0.3 is 0 Å². The molecular weight excluding hydrogens is 398 g/mol. The molecule has 0 spiro atoms. The smallest absolute Gasteiger partial charge is 0.107 e. The van der Waals surface area contributed by atoms with E-state index in [1.165, 1.54) is 22.1 Å². The maximum atomic E-state index is 2.33. The standard InChI is InChI=1S/C20H21P.HI/c1-2-21(18-12-6-3-7-13-18,19-14-8-4-9-15-19)20-16-10-5-11-17-20;/h3-17,21H,2H2,1H3;1H. The molecule has 3 aromatic carbocycles. The van der Waals surface area contributed by atoms with E-state index in [4.69, 9.17) is 0 Å². The summed E-state index contributed by atoms with van der Waals surface area (Å²) in [4.78, 5) is 0. The molecule has 0 radical (unpaired) electrons. The summed E-state index contributed by atoms with van der Waals surface area (Å²) in [6, 6.07) is 33.1. The molecule has 2 heteroatoms. The van der Waals surface area contributed by atoms with Crippen LogP contribution in [-0.4, -0.2) is 6.16 Å². The second-order valence-electron chi connectivity index (χ2n) is 5.36. The third-order valence-electron chi connectivity index (χ3n) is 4.33. The Kier molecular flexibility index (Phi) is 6.16. The third-order valence-corrected chi connectivity index (χ3v) is 9.35. The molecule has 0 fully saturated rings. The second kappa shape index (κ2) is 7.89. The third kappa shape index (κ3) is 3.11. The number of benzene rings is 3. The fourth-order valence-corrected chi connectivity index (χ4v) is 7.79. The van der Waals surface area contributed by atoms with Crippen molar-refractivity contribution in [3.05, 3.63) is 91.0 Å². The van der Waals surface area contributed by atoms with Crippen molar-refractivity contribution >= 4 is 47.2 Å². The largest absolute Gasteiger partial charge is 0.107 e. The Balaban J connectivity index is 0.00000176. The quantitative estimate of drug-likeness (QED) is 0.435. The predicted octanol–water partition coefficient (Wildman–Crippen LogP) is 4.35. The van der Waals surface area contributed by atoms with Gasteiger partial charge in [0.25, 0.3) is 0 Å². The van der Waals surface area contributed by atoms with Crippen molar-refractivity contribution in [3.63, 3.8) is 0 Å². The average molecular weight is 420 g/mol. The van der Waals surface area contributed by atoms with Gasteiger partial charge in [-0.25, -0.2) is 0 Å². The van der Waals surface area contributed by atoms with E-state index in [1.807, 2.05) is 0 Å². The molecule has 0 bridgehead atoms. The Morgan fingerprint density at radius 3 is 1.05 bits per heavy atom. The summed E-state index contributed by atoms with van der Waals surface area (Å²) in [5.41, 5.74) is 0. The molecule has 22 heavy (non-hydrogen) atoms. The Morgan fingerprint density at radius 2 is 0.818 bits per heavy atom. The van der Waals surface area contributed by atoms with Gasteiger partial charge in [0.1, 0.15) is 0 Å². The van der Waals surface area contributed by atoms with Gasteiger partial charge in [0.2, 0.25) is 0 Å². The van der Waals surface area contributed by atoms with E-state index in [-0.39, 0.29) is 24.0 Å². The Labute approximate surface area is 151 Å². The molecule has 0 saturated heterocycles. The van der Waals surface area contributed by atoms with Gasteiger partial charge in [-0.3, -0.25) is 0 Å². The monoisotopic (exact) mass is 420 g/mol. The summed E-state index contributed by atoms with van der Waals surface area (Å²) in [6.07, 6.45) is 1.17. The van der Waals surface area contributed by atoms with Crippen molar-refractivity contribution in [1.82, 2.24) is 0 Å². The number of rotatable bonds is 4. The Hall–Kier alpha value is -1.18. The molecule has 0 aliphatic heterocycles. The number of hydrogen-bond acceptors (Lipinski definition) is 0. The molecule has 0 aliphatic carbocycles. The van der Waals surface area contributed by atoms with Crippen LogP contribution in [0, 0.1) is 0 Å². The first-order valence-corrected chi connectivity index (χ1v) is 9.75. The van der Waals surface area contributed by atoms with E-state index in [9.17, 15) is 0 Å². The van der Waals surface area contributed by atoms with E-state index in [0.717, 1.165) is 0 Å². The normalized spacial score (nSPS) is 11.5. The van der Waals surface area contributed by atoms with E-state index in [1.54, 1.807) is 0 Å². The summed E-state index contributed by atoms with van der Waals surface area (Å²) in [7, 11) is -1.90. The van der Waals surface area contributed by atoms with Gasteiger partial charge in [0.05, 0.1) is 0 Å². The number of halogens is 1. The molecule has 0 unspecified atom stereocenters. The molecule has 0 saturated carbocycles. The Morgan fingerprint density at radius 1 is 0.545 bits per heavy atom. The molecule has 0 atom stereocenters. The van der Waals surface area contributed by atoms with E-state index >= 15 is 0 Å². The van der Waals surface area contributed by atoms with Gasteiger partial charge in [-0.1, -0.05) is 0 Å². The Bertz CT molecular complexity index is 584. The molecule has 0 aromatic heterocycles. The fraction of sp³-hybridized carbons (Fsp3) is 0.100. The van der Waals surface area contributed by atoms with Gasteiger partial charge >= 0.3 is 127 Å². The van der Waals surface area contributed by atoms with E-state index in [2.05, 4.69) is 97.9 Å². The minimum atomic E-state index is -1.90. The van der Waals surface area contributed by atoms with Crippen molar-refractivity contribution in [2.45, 2.75) is 6.92 Å². The SMILES string of the molecule is CC[PH](c1ccccc1)(c1ccccc1)c1ccccc1.I. The predicted molar refractivity (Wildman–Crippen MR) is 112 cm³/mol. The summed E-state index contributed by atoms with van der Waals surface area (Å²) in [6.45, 7) is 2.33. The second-order valence-corrected chi connectivity index (χ2v) is 9.61. The van der Waals surface area contributed by atoms with Crippen LogP contribution in [0.3, 0.4) is 0 Å². The van der Waals surface area contributed by atoms with Crippen molar-refractivity contribution in [3.8, 4) is 0 Å². The van der Waals surface area contributed by atoms with Crippen LogP contribution < -0.4 is 15.9 Å². The van der Waals surface area contributed by atoms with E-state index in [0.29, 0.717) is 0 Å². The first kappa shape index (κ1) is 17.2. The van der Waals surface area contributed by atoms with Crippen molar-refractivity contribution in [1.29, 1.82) is 0 Å². The summed E-state index contributed by atoms with van der Waals surface area (Å²) >= 11 is 0. The minimum absolute atomic E-state index is 0. The van der Waals surface area contributed by atoms with Crippen molar-refractivity contribution in [2.24, 2.45) is 0 Å². The summed E-state index contributed by atoms with van der Waals surface area (Å²) in [5, 5.41) is 4.47. The topological polar surface area (TPSA) is 0 Å². The summed E-state index contributed by atoms with van der Waals surface area (Å²) in [5.74, 6) is 0. The van der Waals surface area contributed by atoms with Crippen molar-refractivity contribution in [2.75, 3.05) is 6.16 Å². The molecule has 114 valence electrons. The van der Waals surface area contributed by atoms with Gasteiger partial charge in [0.15, 0.2) is 0 Å². The molecule has 0 heterocycles. The molecular formula is C20H22IP. The van der Waals surface area contributed by atoms with Gasteiger partial charge in [-0.05, 0) is 0 Å². The van der Waals surface area contributed by atoms with Crippen LogP contribution in [0.25, 0.3) is 0 Å². The van der Waals surface area contributed by atoms with Crippen LogP contribution >= 0.6 is 31.2 Å². The molecule has 0 N–H and O–H groups in total. The zero-order chi connectivity index (χ0) is 14.5. The van der Waals surface area contributed by atoms with Crippen LogP contribution in [0.15, 0.2) is 91.0 Å². The summed E-state index contributed by atoms with van der Waals surface area (Å²) < 4.78 is 0. The average Bonchev–Trinajstić information content (AvgIpc) is 2.59. The first-order valence-electron chi connectivity index (χ1n) is 7.54. The van der Waals surface area contributed by atoms with Crippen LogP contribution in [0.5, 0.6) is 0 Å². The maximum Gasteiger partial charge on any atom is -0.107 e. The van der Waals surface area contributed by atoms with E-state index < -0.39 is 7.26 Å². The van der Waals surface area contributed by atoms with Crippen LogP contribution in [-0.2, 0) is 0 Å². The zero-order valence-corrected chi connectivity index (χ0v) is 16.1. The van der Waals surface area contributed by atoms with Gasteiger partial charge in [0, 0.05) is 0 Å². The molecule has 0 nitrogen and oxygen atoms in total. The molecule has 3 aromatic rings. The minimum Gasteiger partial charge on any atom is -0.107 e. The van der Waals surface area contributed by atoms with Crippen LogP contribution in [0.1, 0.15) is 6.92 Å². The zero-order valence-electron chi connectivity index (χ0n) is 12.8. The number of hydrogen-bond donors (Lipinski definition) is 0.